The lowest BCUT2D eigenvalue weighted by atomic mass is 9.80. The molecule has 2 aliphatic rings. The second-order valence-electron chi connectivity index (χ2n) is 5.42. The van der Waals surface area contributed by atoms with Crippen LogP contribution in [-0.2, 0) is 4.79 Å². The van der Waals surface area contributed by atoms with Crippen LogP contribution >= 0.6 is 0 Å². The summed E-state index contributed by atoms with van der Waals surface area (Å²) in [7, 11) is 0. The Labute approximate surface area is 96.6 Å². The summed E-state index contributed by atoms with van der Waals surface area (Å²) in [5.74, 6) is 0.458. The quantitative estimate of drug-likeness (QED) is 0.657. The molecule has 1 amide bonds. The molecule has 2 saturated carbocycles. The SMILES string of the molecule is NC1(C(=O)NCC2CC(O)C2)CCCCC1. The minimum absolute atomic E-state index is 0.00795. The summed E-state index contributed by atoms with van der Waals surface area (Å²) >= 11 is 0. The van der Waals surface area contributed by atoms with Gasteiger partial charge in [-0.05, 0) is 31.6 Å². The van der Waals surface area contributed by atoms with Gasteiger partial charge < -0.3 is 16.2 Å². The molecule has 2 aliphatic carbocycles. The van der Waals surface area contributed by atoms with E-state index in [0.29, 0.717) is 12.5 Å². The third kappa shape index (κ3) is 2.55. The molecule has 2 rings (SSSR count). The first kappa shape index (κ1) is 11.9. The van der Waals surface area contributed by atoms with E-state index in [9.17, 15) is 4.79 Å². The van der Waals surface area contributed by atoms with Crippen molar-refractivity contribution in [1.29, 1.82) is 0 Å². The van der Waals surface area contributed by atoms with E-state index < -0.39 is 5.54 Å². The highest BCUT2D eigenvalue weighted by molar-refractivity contribution is 5.86. The van der Waals surface area contributed by atoms with Gasteiger partial charge in [-0.15, -0.1) is 0 Å². The second kappa shape index (κ2) is 4.72. The molecular weight excluding hydrogens is 204 g/mol. The minimum Gasteiger partial charge on any atom is -0.393 e. The van der Waals surface area contributed by atoms with Gasteiger partial charge in [0.1, 0.15) is 0 Å². The Kier molecular flexibility index (Phi) is 3.50. The molecule has 0 aromatic carbocycles. The van der Waals surface area contributed by atoms with Gasteiger partial charge >= 0.3 is 0 Å². The number of nitrogens with two attached hydrogens (primary N) is 1. The Hall–Kier alpha value is -0.610. The molecule has 4 heteroatoms. The molecule has 0 bridgehead atoms. The second-order valence-corrected chi connectivity index (χ2v) is 5.42. The van der Waals surface area contributed by atoms with Crippen LogP contribution in [0, 0.1) is 5.92 Å². The third-order valence-electron chi connectivity index (χ3n) is 3.96. The van der Waals surface area contributed by atoms with Crippen molar-refractivity contribution < 1.29 is 9.90 Å². The summed E-state index contributed by atoms with van der Waals surface area (Å²) in [6.07, 6.45) is 6.43. The van der Waals surface area contributed by atoms with E-state index in [1.54, 1.807) is 0 Å². The topological polar surface area (TPSA) is 75.4 Å². The Morgan fingerprint density at radius 2 is 1.94 bits per heavy atom. The van der Waals surface area contributed by atoms with Gasteiger partial charge in [-0.25, -0.2) is 0 Å². The number of carbonyl (C=O) groups is 1. The Balaban J connectivity index is 1.74. The molecule has 2 fully saturated rings. The highest BCUT2D eigenvalue weighted by Crippen LogP contribution is 2.28. The molecule has 0 radical (unpaired) electrons. The average molecular weight is 226 g/mol. The normalized spacial score (nSPS) is 32.9. The first-order valence-electron chi connectivity index (χ1n) is 6.35. The minimum atomic E-state index is -0.624. The lowest BCUT2D eigenvalue weighted by molar-refractivity contribution is -0.128. The summed E-state index contributed by atoms with van der Waals surface area (Å²) in [5.41, 5.74) is 5.49. The fourth-order valence-corrected chi connectivity index (χ4v) is 2.69. The van der Waals surface area contributed by atoms with Crippen molar-refractivity contribution in [1.82, 2.24) is 5.32 Å². The van der Waals surface area contributed by atoms with Gasteiger partial charge in [-0.1, -0.05) is 19.3 Å². The number of amides is 1. The highest BCUT2D eigenvalue weighted by atomic mass is 16.3. The van der Waals surface area contributed by atoms with Crippen LogP contribution in [0.1, 0.15) is 44.9 Å². The smallest absolute Gasteiger partial charge is 0.240 e. The maximum Gasteiger partial charge on any atom is 0.240 e. The van der Waals surface area contributed by atoms with E-state index in [2.05, 4.69) is 5.32 Å². The van der Waals surface area contributed by atoms with E-state index in [-0.39, 0.29) is 12.0 Å². The van der Waals surface area contributed by atoms with E-state index in [1.807, 2.05) is 0 Å². The Morgan fingerprint density at radius 3 is 2.50 bits per heavy atom. The van der Waals surface area contributed by atoms with Crippen LogP contribution in [0.5, 0.6) is 0 Å². The van der Waals surface area contributed by atoms with Crippen molar-refractivity contribution in [3.05, 3.63) is 0 Å². The highest BCUT2D eigenvalue weighted by Gasteiger charge is 2.36. The fourth-order valence-electron chi connectivity index (χ4n) is 2.69. The summed E-state index contributed by atoms with van der Waals surface area (Å²) < 4.78 is 0. The van der Waals surface area contributed by atoms with Crippen molar-refractivity contribution in [2.75, 3.05) is 6.54 Å². The summed E-state index contributed by atoms with van der Waals surface area (Å²) in [4.78, 5) is 11.9. The van der Waals surface area contributed by atoms with Crippen LogP contribution in [0.15, 0.2) is 0 Å². The van der Waals surface area contributed by atoms with Gasteiger partial charge in [-0.3, -0.25) is 4.79 Å². The van der Waals surface area contributed by atoms with Gasteiger partial charge in [0.2, 0.25) is 5.91 Å². The van der Waals surface area contributed by atoms with Crippen LogP contribution in [0.2, 0.25) is 0 Å². The van der Waals surface area contributed by atoms with E-state index in [4.69, 9.17) is 10.8 Å². The zero-order valence-electron chi connectivity index (χ0n) is 9.74. The van der Waals surface area contributed by atoms with Gasteiger partial charge in [0, 0.05) is 6.54 Å². The maximum absolute atomic E-state index is 11.9. The van der Waals surface area contributed by atoms with Crippen molar-refractivity contribution >= 4 is 5.91 Å². The van der Waals surface area contributed by atoms with Gasteiger partial charge in [0.25, 0.3) is 0 Å². The number of nitrogens with one attached hydrogen (secondary N) is 1. The fraction of sp³-hybridized carbons (Fsp3) is 0.917. The molecule has 4 N–H and O–H groups in total. The van der Waals surface area contributed by atoms with E-state index in [1.165, 1.54) is 6.42 Å². The van der Waals surface area contributed by atoms with Gasteiger partial charge in [0.05, 0.1) is 11.6 Å². The van der Waals surface area contributed by atoms with Crippen molar-refractivity contribution in [3.63, 3.8) is 0 Å². The largest absolute Gasteiger partial charge is 0.393 e. The first-order chi connectivity index (χ1) is 7.60. The number of hydrogen-bond acceptors (Lipinski definition) is 3. The van der Waals surface area contributed by atoms with Crippen LogP contribution < -0.4 is 11.1 Å². The molecule has 92 valence electrons. The van der Waals surface area contributed by atoms with Crippen LogP contribution in [0.3, 0.4) is 0 Å². The number of aliphatic hydroxyl groups excluding tert-OH is 1. The first-order valence-corrected chi connectivity index (χ1v) is 6.35. The average Bonchev–Trinajstić information content (AvgIpc) is 2.23. The number of hydrogen-bond donors (Lipinski definition) is 3. The molecule has 0 saturated heterocycles. The van der Waals surface area contributed by atoms with Crippen LogP contribution in [0.25, 0.3) is 0 Å². The van der Waals surface area contributed by atoms with E-state index >= 15 is 0 Å². The third-order valence-corrected chi connectivity index (χ3v) is 3.96. The maximum atomic E-state index is 11.9. The molecule has 0 aromatic rings. The standard InChI is InChI=1S/C12H22N2O2/c13-12(4-2-1-3-5-12)11(16)14-8-9-6-10(15)7-9/h9-10,15H,1-8,13H2,(H,14,16). The van der Waals surface area contributed by atoms with Crippen LogP contribution in [0.4, 0.5) is 0 Å². The number of carbonyl (C=O) groups excluding carboxylic acids is 1. The summed E-state index contributed by atoms with van der Waals surface area (Å²) in [5, 5.41) is 12.1. The molecule has 0 spiro atoms. The Morgan fingerprint density at radius 1 is 1.31 bits per heavy atom. The summed E-state index contributed by atoms with van der Waals surface area (Å²) in [6.45, 7) is 0.675. The number of rotatable bonds is 3. The molecule has 0 aliphatic heterocycles. The molecule has 16 heavy (non-hydrogen) atoms. The molecular formula is C12H22N2O2. The van der Waals surface area contributed by atoms with Crippen molar-refractivity contribution in [2.24, 2.45) is 11.7 Å². The van der Waals surface area contributed by atoms with Crippen molar-refractivity contribution in [3.8, 4) is 0 Å². The predicted octanol–water partition coefficient (Wildman–Crippen LogP) is 0.535. The van der Waals surface area contributed by atoms with Crippen LogP contribution in [-0.4, -0.2) is 29.2 Å². The summed E-state index contributed by atoms with van der Waals surface area (Å²) in [6, 6.07) is 0. The molecule has 0 heterocycles. The number of aliphatic hydroxyl groups is 1. The molecule has 0 aromatic heterocycles. The molecule has 0 unspecified atom stereocenters. The predicted molar refractivity (Wildman–Crippen MR) is 61.7 cm³/mol. The zero-order valence-corrected chi connectivity index (χ0v) is 9.74. The molecule has 4 nitrogen and oxygen atoms in total. The molecule has 0 atom stereocenters. The monoisotopic (exact) mass is 226 g/mol. The van der Waals surface area contributed by atoms with Gasteiger partial charge in [0.15, 0.2) is 0 Å². The lowest BCUT2D eigenvalue weighted by Crippen LogP contribution is -2.56. The Bertz CT molecular complexity index is 256. The lowest BCUT2D eigenvalue weighted by Gasteiger charge is -2.35. The van der Waals surface area contributed by atoms with Crippen molar-refractivity contribution in [2.45, 2.75) is 56.6 Å². The van der Waals surface area contributed by atoms with Gasteiger partial charge in [-0.2, -0.15) is 0 Å². The zero-order chi connectivity index (χ0) is 11.6. The van der Waals surface area contributed by atoms with E-state index in [0.717, 1.165) is 38.5 Å².